The molecule has 0 atom stereocenters. The van der Waals surface area contributed by atoms with Gasteiger partial charge in [0.25, 0.3) is 0 Å². The van der Waals surface area contributed by atoms with Crippen molar-refractivity contribution in [3.8, 4) is 0 Å². The second-order valence-corrected chi connectivity index (χ2v) is 0.500. The summed E-state index contributed by atoms with van der Waals surface area (Å²) in [6, 6.07) is 0. The van der Waals surface area contributed by atoms with Gasteiger partial charge in [-0.3, -0.25) is 0 Å². The van der Waals surface area contributed by atoms with Gasteiger partial charge in [0.2, 0.25) is 0 Å². The molecule has 0 amide bonds. The van der Waals surface area contributed by atoms with Crippen LogP contribution in [-0.2, 0) is 0 Å². The Hall–Kier alpha value is 1.79. The fourth-order valence-corrected chi connectivity index (χ4v) is 0. The molecule has 0 saturated carbocycles. The first kappa shape index (κ1) is 22.6. The number of carbonyl (C=O) groups is 2. The molecule has 0 radical (unpaired) electrons. The minimum atomic E-state index is -2.33. The number of carbonyl (C=O) groups excluding carboxylic acids is 2. The Morgan fingerprint density at radius 2 is 0.800 bits per heavy atom. The quantitative estimate of drug-likeness (QED) is 0.403. The summed E-state index contributed by atoms with van der Waals surface area (Å²) in [4.78, 5) is 16.7. The third-order valence-corrected chi connectivity index (χ3v) is 0. The van der Waals surface area contributed by atoms with E-state index in [9.17, 15) is 0 Å². The van der Waals surface area contributed by atoms with Crippen molar-refractivity contribution < 1.29 is 135 Å². The molecular formula is C2CsLaO6. The van der Waals surface area contributed by atoms with Crippen LogP contribution in [-0.4, -0.2) is 12.3 Å². The maximum Gasteiger partial charge on any atom is 3.00 e. The van der Waals surface area contributed by atoms with E-state index in [2.05, 4.69) is 0 Å². The first-order chi connectivity index (χ1) is 3.46. The largest absolute Gasteiger partial charge is 3.00 e. The number of rotatable bonds is 0. The second kappa shape index (κ2) is 17.0. The van der Waals surface area contributed by atoms with E-state index in [0.717, 1.165) is 0 Å². The van der Waals surface area contributed by atoms with Gasteiger partial charge in [-0.05, 0) is 12.3 Å². The molecule has 48 valence electrons. The second-order valence-electron chi connectivity index (χ2n) is 0.500. The van der Waals surface area contributed by atoms with Crippen molar-refractivity contribution in [2.24, 2.45) is 0 Å². The van der Waals surface area contributed by atoms with E-state index in [1.807, 2.05) is 0 Å². The monoisotopic (exact) mass is 392 g/mol. The summed E-state index contributed by atoms with van der Waals surface area (Å²) in [6.07, 6.45) is -4.67. The molecule has 0 rings (SSSR count). The Morgan fingerprint density at radius 3 is 0.800 bits per heavy atom. The molecule has 0 heterocycles. The summed E-state index contributed by atoms with van der Waals surface area (Å²) in [5.74, 6) is 0. The minimum absolute atomic E-state index is 0. The maximum absolute atomic E-state index is 8.33. The van der Waals surface area contributed by atoms with Crippen LogP contribution in [0.5, 0.6) is 0 Å². The van der Waals surface area contributed by atoms with Gasteiger partial charge in [0.15, 0.2) is 0 Å². The molecule has 0 aromatic heterocycles. The van der Waals surface area contributed by atoms with E-state index in [-0.39, 0.29) is 104 Å². The summed E-state index contributed by atoms with van der Waals surface area (Å²) in [5.41, 5.74) is 0. The van der Waals surface area contributed by atoms with Gasteiger partial charge in [-0.1, -0.05) is 0 Å². The van der Waals surface area contributed by atoms with Gasteiger partial charge < -0.3 is 30.0 Å². The SMILES string of the molecule is O=C([O-])[O-].O=C([O-])[O-].[Cs+].[La+3]. The Labute approximate surface area is 143 Å². The molecule has 0 saturated heterocycles. The molecular weight excluding hydrogens is 392 g/mol. The molecule has 0 fully saturated rings. The van der Waals surface area contributed by atoms with Crippen LogP contribution in [0.3, 0.4) is 0 Å². The van der Waals surface area contributed by atoms with Crippen LogP contribution >= 0.6 is 0 Å². The molecule has 0 aliphatic heterocycles. The molecule has 6 nitrogen and oxygen atoms in total. The molecule has 0 aromatic rings. The van der Waals surface area contributed by atoms with E-state index in [1.165, 1.54) is 0 Å². The molecule has 0 bridgehead atoms. The molecule has 0 aromatic carbocycles. The number of hydrogen-bond donors (Lipinski definition) is 0. The summed E-state index contributed by atoms with van der Waals surface area (Å²) in [6.45, 7) is 0. The zero-order chi connectivity index (χ0) is 7.15. The molecule has 0 unspecified atom stereocenters. The summed E-state index contributed by atoms with van der Waals surface area (Å²) in [7, 11) is 0. The smallest absolute Gasteiger partial charge is 0.652 e. The summed E-state index contributed by atoms with van der Waals surface area (Å²) < 4.78 is 0. The van der Waals surface area contributed by atoms with Crippen molar-refractivity contribution >= 4 is 12.3 Å². The first-order valence-corrected chi connectivity index (χ1v) is 1.22. The van der Waals surface area contributed by atoms with Crippen LogP contribution in [0.15, 0.2) is 0 Å². The van der Waals surface area contributed by atoms with E-state index in [0.29, 0.717) is 0 Å². The predicted molar refractivity (Wildman–Crippen MR) is 10.8 cm³/mol. The molecule has 0 aliphatic rings. The Kier molecular flexibility index (Phi) is 38.5. The Bertz CT molecular complexity index is 73.7. The zero-order valence-electron chi connectivity index (χ0n) is 5.03. The average Bonchev–Trinajstić information content (AvgIpc) is 1.25. The van der Waals surface area contributed by atoms with Gasteiger partial charge in [0.1, 0.15) is 0 Å². The van der Waals surface area contributed by atoms with Gasteiger partial charge in [-0.2, -0.15) is 0 Å². The third-order valence-electron chi connectivity index (χ3n) is 0. The van der Waals surface area contributed by atoms with Crippen LogP contribution in [0.2, 0.25) is 0 Å². The summed E-state index contributed by atoms with van der Waals surface area (Å²) in [5, 5.41) is 33.3. The van der Waals surface area contributed by atoms with Crippen molar-refractivity contribution in [3.05, 3.63) is 0 Å². The van der Waals surface area contributed by atoms with Gasteiger partial charge in [0.05, 0.1) is 0 Å². The maximum atomic E-state index is 8.33. The third kappa shape index (κ3) is 237. The summed E-state index contributed by atoms with van der Waals surface area (Å²) >= 11 is 0. The number of carboxylic acid groups (broad SMARTS) is 4. The molecule has 0 N–H and O–H groups in total. The zero-order valence-corrected chi connectivity index (χ0v) is 14.9. The van der Waals surface area contributed by atoms with Crippen molar-refractivity contribution in [2.45, 2.75) is 0 Å². The number of hydrogen-bond acceptors (Lipinski definition) is 6. The molecule has 10 heavy (non-hydrogen) atoms. The standard InChI is InChI=1S/2CH2O3.Cs.La/c2*2-1(3)4;;/h2*(H2,2,3,4);;/q;;+1;+3/p-4. The van der Waals surface area contributed by atoms with Crippen LogP contribution in [0.4, 0.5) is 9.59 Å². The van der Waals surface area contributed by atoms with Gasteiger partial charge >= 0.3 is 104 Å². The van der Waals surface area contributed by atoms with E-state index in [1.54, 1.807) is 0 Å². The van der Waals surface area contributed by atoms with Crippen molar-refractivity contribution in [1.82, 2.24) is 0 Å². The van der Waals surface area contributed by atoms with Gasteiger partial charge in [-0.15, -0.1) is 0 Å². The predicted octanol–water partition coefficient (Wildman–Crippen LogP) is -7.89. The van der Waals surface area contributed by atoms with E-state index in [4.69, 9.17) is 30.0 Å². The van der Waals surface area contributed by atoms with Crippen LogP contribution < -0.4 is 89.3 Å². The van der Waals surface area contributed by atoms with E-state index >= 15 is 0 Å². The molecule has 0 aliphatic carbocycles. The fraction of sp³-hybridized carbons (Fsp3) is 0. The van der Waals surface area contributed by atoms with Crippen LogP contribution in [0, 0.1) is 35.6 Å². The van der Waals surface area contributed by atoms with Gasteiger partial charge in [-0.25, -0.2) is 0 Å². The topological polar surface area (TPSA) is 126 Å². The van der Waals surface area contributed by atoms with Crippen molar-refractivity contribution in [1.29, 1.82) is 0 Å². The molecule has 8 heteroatoms. The van der Waals surface area contributed by atoms with Crippen molar-refractivity contribution in [2.75, 3.05) is 0 Å². The Morgan fingerprint density at radius 1 is 0.800 bits per heavy atom. The van der Waals surface area contributed by atoms with Crippen LogP contribution in [0.1, 0.15) is 0 Å². The fourth-order valence-electron chi connectivity index (χ4n) is 0. The average molecular weight is 392 g/mol. The minimum Gasteiger partial charge on any atom is -0.652 e. The Balaban J connectivity index is -0.0000000300. The first-order valence-electron chi connectivity index (χ1n) is 1.22. The van der Waals surface area contributed by atoms with Crippen LogP contribution in [0.25, 0.3) is 0 Å². The molecule has 0 spiro atoms. The normalized spacial score (nSPS) is 4.80. The van der Waals surface area contributed by atoms with Crippen molar-refractivity contribution in [3.63, 3.8) is 0 Å². The van der Waals surface area contributed by atoms with Gasteiger partial charge in [0, 0.05) is 0 Å². The van der Waals surface area contributed by atoms with E-state index < -0.39 is 12.3 Å².